The van der Waals surface area contributed by atoms with Crippen LogP contribution in [0.3, 0.4) is 0 Å². The fourth-order valence-corrected chi connectivity index (χ4v) is 5.85. The third kappa shape index (κ3) is 11.1. The molecule has 20 heavy (non-hydrogen) atoms. The van der Waals surface area contributed by atoms with Crippen molar-refractivity contribution >= 4 is 45.2 Å². The molecule has 0 aliphatic carbocycles. The first-order valence-electron chi connectivity index (χ1n) is 8.67. The van der Waals surface area contributed by atoms with Gasteiger partial charge in [-0.2, -0.15) is 0 Å². The van der Waals surface area contributed by atoms with Crippen molar-refractivity contribution in [1.29, 1.82) is 0 Å². The lowest BCUT2D eigenvalue weighted by Crippen LogP contribution is -2.27. The highest BCUT2D eigenvalue weighted by atomic mass is 127. The van der Waals surface area contributed by atoms with Crippen molar-refractivity contribution in [3.8, 4) is 0 Å². The Morgan fingerprint density at radius 1 is 0.800 bits per heavy atom. The summed E-state index contributed by atoms with van der Waals surface area (Å²) in [6.45, 7) is 11.8. The van der Waals surface area contributed by atoms with Crippen LogP contribution in [0.4, 0.5) is 0 Å². The van der Waals surface area contributed by atoms with Gasteiger partial charge in [0.2, 0.25) is 0 Å². The van der Waals surface area contributed by atoms with Crippen molar-refractivity contribution in [1.82, 2.24) is 0 Å². The Balaban J connectivity index is 4.20. The van der Waals surface area contributed by atoms with E-state index in [0.29, 0.717) is 1.43 Å². The summed E-state index contributed by atoms with van der Waals surface area (Å²) in [6.07, 6.45) is 12.7. The topological polar surface area (TPSA) is 0 Å². The second kappa shape index (κ2) is 12.0. The van der Waals surface area contributed by atoms with Gasteiger partial charge in [0.15, 0.2) is 0 Å². The van der Waals surface area contributed by atoms with Crippen molar-refractivity contribution < 1.29 is 0 Å². The van der Waals surface area contributed by atoms with E-state index in [9.17, 15) is 0 Å². The Labute approximate surface area is 155 Å². The van der Waals surface area contributed by atoms with Crippen LogP contribution in [0.25, 0.3) is 0 Å². The van der Waals surface area contributed by atoms with Crippen LogP contribution < -0.4 is 0 Å². The average molecular weight is 506 g/mol. The predicted molar refractivity (Wildman–Crippen MR) is 111 cm³/mol. The molecule has 0 heterocycles. The standard InChI is InChI=1S/C18H36I2/c1-6-7-8-9-10-11-12-17(13-15(2)3)18(19,20)14-16(4)5/h15-17H,6-14H2,1-5H3. The number of hydrogen-bond donors (Lipinski definition) is 0. The molecule has 0 rings (SSSR count). The fourth-order valence-electron chi connectivity index (χ4n) is 2.95. The van der Waals surface area contributed by atoms with Crippen LogP contribution in [-0.4, -0.2) is 1.43 Å². The van der Waals surface area contributed by atoms with E-state index in [2.05, 4.69) is 79.8 Å². The van der Waals surface area contributed by atoms with Gasteiger partial charge in [0.05, 0.1) is 1.43 Å². The maximum atomic E-state index is 2.75. The van der Waals surface area contributed by atoms with E-state index in [1.165, 1.54) is 57.8 Å². The molecule has 0 aromatic heterocycles. The molecule has 0 bridgehead atoms. The summed E-state index contributed by atoms with van der Waals surface area (Å²) in [5, 5.41) is 0. The van der Waals surface area contributed by atoms with E-state index in [0.717, 1.165) is 17.8 Å². The molecule has 0 N–H and O–H groups in total. The lowest BCUT2D eigenvalue weighted by molar-refractivity contribution is 0.337. The summed E-state index contributed by atoms with van der Waals surface area (Å²) in [7, 11) is 0. The summed E-state index contributed by atoms with van der Waals surface area (Å²) in [6, 6.07) is 0. The zero-order valence-corrected chi connectivity index (χ0v) is 18.7. The van der Waals surface area contributed by atoms with Crippen LogP contribution in [0, 0.1) is 17.8 Å². The first-order valence-corrected chi connectivity index (χ1v) is 10.8. The maximum Gasteiger partial charge on any atom is 0.0765 e. The zero-order valence-electron chi connectivity index (χ0n) is 14.4. The highest BCUT2D eigenvalue weighted by molar-refractivity contribution is 14.2. The lowest BCUT2D eigenvalue weighted by atomic mass is 9.86. The Morgan fingerprint density at radius 2 is 1.35 bits per heavy atom. The zero-order chi connectivity index (χ0) is 15.6. The molecule has 0 saturated heterocycles. The smallest absolute Gasteiger partial charge is 0.0669 e. The van der Waals surface area contributed by atoms with Crippen LogP contribution in [0.1, 0.15) is 92.4 Å². The van der Waals surface area contributed by atoms with E-state index in [-0.39, 0.29) is 0 Å². The Morgan fingerprint density at radius 3 is 1.85 bits per heavy atom. The third-order valence-corrected chi connectivity index (χ3v) is 6.58. The van der Waals surface area contributed by atoms with Crippen molar-refractivity contribution in [2.24, 2.45) is 17.8 Å². The highest BCUT2D eigenvalue weighted by Gasteiger charge is 2.33. The summed E-state index contributed by atoms with van der Waals surface area (Å²) >= 11 is 5.49. The van der Waals surface area contributed by atoms with E-state index >= 15 is 0 Å². The van der Waals surface area contributed by atoms with Gasteiger partial charge in [-0.1, -0.05) is 118 Å². The molecule has 1 unspecified atom stereocenters. The molecule has 0 nitrogen and oxygen atoms in total. The second-order valence-electron chi connectivity index (χ2n) is 7.24. The number of halogens is 2. The first kappa shape index (κ1) is 21.5. The Kier molecular flexibility index (Phi) is 12.8. The molecule has 1 atom stereocenters. The molecule has 0 amide bonds. The normalized spacial score (nSPS) is 14.2. The van der Waals surface area contributed by atoms with Crippen molar-refractivity contribution in [3.63, 3.8) is 0 Å². The van der Waals surface area contributed by atoms with Gasteiger partial charge in [-0.3, -0.25) is 0 Å². The molecule has 0 aliphatic heterocycles. The minimum absolute atomic E-state index is 0.456. The maximum absolute atomic E-state index is 2.75. The monoisotopic (exact) mass is 506 g/mol. The molecule has 122 valence electrons. The van der Waals surface area contributed by atoms with E-state index in [4.69, 9.17) is 0 Å². The van der Waals surface area contributed by atoms with E-state index in [1.54, 1.807) is 0 Å². The molecule has 0 fully saturated rings. The minimum atomic E-state index is 0.456. The summed E-state index contributed by atoms with van der Waals surface area (Å²) in [4.78, 5) is 0. The molecule has 0 aromatic carbocycles. The minimum Gasteiger partial charge on any atom is -0.0669 e. The lowest BCUT2D eigenvalue weighted by Gasteiger charge is -2.34. The molecule has 0 aliphatic rings. The van der Waals surface area contributed by atoms with Crippen LogP contribution in [0.5, 0.6) is 0 Å². The van der Waals surface area contributed by atoms with Crippen molar-refractivity contribution in [3.05, 3.63) is 0 Å². The predicted octanol–water partition coefficient (Wildman–Crippen LogP) is 8.01. The highest BCUT2D eigenvalue weighted by Crippen LogP contribution is 2.46. The molecule has 0 saturated carbocycles. The van der Waals surface area contributed by atoms with E-state index in [1.807, 2.05) is 0 Å². The average Bonchev–Trinajstić information content (AvgIpc) is 2.29. The number of rotatable bonds is 12. The van der Waals surface area contributed by atoms with Crippen LogP contribution in [0.15, 0.2) is 0 Å². The number of unbranched alkanes of at least 4 members (excludes halogenated alkanes) is 5. The molecular weight excluding hydrogens is 470 g/mol. The second-order valence-corrected chi connectivity index (χ2v) is 13.2. The quantitative estimate of drug-likeness (QED) is 0.143. The van der Waals surface area contributed by atoms with Gasteiger partial charge >= 0.3 is 0 Å². The molecular formula is C18H36I2. The van der Waals surface area contributed by atoms with Gasteiger partial charge < -0.3 is 0 Å². The van der Waals surface area contributed by atoms with Gasteiger partial charge in [0.1, 0.15) is 0 Å². The Hall–Kier alpha value is 1.46. The van der Waals surface area contributed by atoms with E-state index < -0.39 is 0 Å². The molecule has 0 spiro atoms. The largest absolute Gasteiger partial charge is 0.0765 e. The molecule has 2 heteroatoms. The number of alkyl halides is 2. The van der Waals surface area contributed by atoms with Gasteiger partial charge in [-0.15, -0.1) is 0 Å². The fraction of sp³-hybridized carbons (Fsp3) is 1.00. The van der Waals surface area contributed by atoms with Crippen LogP contribution in [0.2, 0.25) is 0 Å². The van der Waals surface area contributed by atoms with Gasteiger partial charge in [0, 0.05) is 0 Å². The summed E-state index contributed by atoms with van der Waals surface area (Å²) < 4.78 is 0.456. The van der Waals surface area contributed by atoms with Gasteiger partial charge in [-0.25, -0.2) is 0 Å². The molecule has 0 aromatic rings. The summed E-state index contributed by atoms with van der Waals surface area (Å²) in [5.74, 6) is 2.52. The third-order valence-electron chi connectivity index (χ3n) is 3.94. The van der Waals surface area contributed by atoms with Crippen molar-refractivity contribution in [2.45, 2.75) is 93.8 Å². The van der Waals surface area contributed by atoms with Gasteiger partial charge in [-0.05, 0) is 37.0 Å². The van der Waals surface area contributed by atoms with Crippen LogP contribution in [-0.2, 0) is 0 Å². The van der Waals surface area contributed by atoms with Crippen LogP contribution >= 0.6 is 45.2 Å². The summed E-state index contributed by atoms with van der Waals surface area (Å²) in [5.41, 5.74) is 0. The SMILES string of the molecule is CCCCCCCCC(CC(C)C)C(I)(I)CC(C)C. The Bertz CT molecular complexity index is 221. The number of hydrogen-bond acceptors (Lipinski definition) is 0. The first-order chi connectivity index (χ1) is 9.29. The molecule has 0 radical (unpaired) electrons. The van der Waals surface area contributed by atoms with Gasteiger partial charge in [0.25, 0.3) is 0 Å². The van der Waals surface area contributed by atoms with Crippen molar-refractivity contribution in [2.75, 3.05) is 0 Å².